The van der Waals surface area contributed by atoms with Crippen molar-refractivity contribution in [3.05, 3.63) is 56.8 Å². The summed E-state index contributed by atoms with van der Waals surface area (Å²) in [5, 5.41) is 5.78. The van der Waals surface area contributed by atoms with E-state index in [2.05, 4.69) is 11.9 Å². The SMILES string of the molecule is Cc1nc2sc3c(c2c2nn(Cc4cccnc4)c(=O)n12)CCC(C)C3. The highest BCUT2D eigenvalue weighted by Gasteiger charge is 2.25. The van der Waals surface area contributed by atoms with E-state index in [4.69, 9.17) is 10.1 Å². The van der Waals surface area contributed by atoms with E-state index >= 15 is 0 Å². The van der Waals surface area contributed by atoms with Gasteiger partial charge in [0.2, 0.25) is 0 Å². The second-order valence-corrected chi connectivity index (χ2v) is 8.24. The Morgan fingerprint density at radius 2 is 2.27 bits per heavy atom. The van der Waals surface area contributed by atoms with Crippen molar-refractivity contribution < 1.29 is 0 Å². The van der Waals surface area contributed by atoms with Crippen molar-refractivity contribution in [2.24, 2.45) is 5.92 Å². The highest BCUT2D eigenvalue weighted by molar-refractivity contribution is 7.19. The molecule has 7 heteroatoms. The van der Waals surface area contributed by atoms with Gasteiger partial charge in [0.25, 0.3) is 0 Å². The fourth-order valence-corrected chi connectivity index (χ4v) is 5.29. The molecule has 132 valence electrons. The Morgan fingerprint density at radius 1 is 1.38 bits per heavy atom. The van der Waals surface area contributed by atoms with Crippen molar-refractivity contribution >= 4 is 27.2 Å². The van der Waals surface area contributed by atoms with Gasteiger partial charge in [-0.15, -0.1) is 16.4 Å². The summed E-state index contributed by atoms with van der Waals surface area (Å²) in [7, 11) is 0. The molecule has 0 aliphatic heterocycles. The molecule has 0 saturated carbocycles. The molecule has 0 fully saturated rings. The quantitative estimate of drug-likeness (QED) is 0.548. The zero-order valence-electron chi connectivity index (χ0n) is 14.8. The maximum absolute atomic E-state index is 12.9. The van der Waals surface area contributed by atoms with E-state index < -0.39 is 0 Å². The van der Waals surface area contributed by atoms with Gasteiger partial charge in [-0.25, -0.2) is 18.9 Å². The van der Waals surface area contributed by atoms with Crippen LogP contribution in [-0.2, 0) is 19.4 Å². The molecule has 4 heterocycles. The third kappa shape index (κ3) is 2.30. The molecule has 1 atom stereocenters. The lowest BCUT2D eigenvalue weighted by Gasteiger charge is -2.17. The number of aromatic nitrogens is 5. The van der Waals surface area contributed by atoms with Crippen molar-refractivity contribution in [2.75, 3.05) is 0 Å². The first-order chi connectivity index (χ1) is 12.6. The molecule has 1 aliphatic rings. The summed E-state index contributed by atoms with van der Waals surface area (Å²) in [6.07, 6.45) is 6.82. The summed E-state index contributed by atoms with van der Waals surface area (Å²) in [4.78, 5) is 24.2. The molecule has 5 rings (SSSR count). The van der Waals surface area contributed by atoms with Crippen LogP contribution in [0.15, 0.2) is 29.3 Å². The molecule has 0 radical (unpaired) electrons. The predicted octanol–water partition coefficient (Wildman–Crippen LogP) is 2.98. The van der Waals surface area contributed by atoms with Crippen LogP contribution in [0.4, 0.5) is 0 Å². The molecule has 0 saturated heterocycles. The van der Waals surface area contributed by atoms with Crippen molar-refractivity contribution in [2.45, 2.75) is 39.7 Å². The van der Waals surface area contributed by atoms with Crippen molar-refractivity contribution in [1.82, 2.24) is 24.1 Å². The lowest BCUT2D eigenvalue weighted by atomic mass is 9.89. The molecule has 0 amide bonds. The van der Waals surface area contributed by atoms with Gasteiger partial charge in [0.15, 0.2) is 5.65 Å². The summed E-state index contributed by atoms with van der Waals surface area (Å²) in [6, 6.07) is 3.83. The number of rotatable bonds is 2. The summed E-state index contributed by atoms with van der Waals surface area (Å²) < 4.78 is 3.18. The van der Waals surface area contributed by atoms with Gasteiger partial charge in [-0.1, -0.05) is 13.0 Å². The standard InChI is InChI=1S/C19H19N5OS/c1-11-5-6-14-15(8-11)26-18-16(14)17-22-23(10-13-4-3-7-20-9-13)19(25)24(17)12(2)21-18/h3-4,7,9,11H,5-6,8,10H2,1-2H3. The first-order valence-electron chi connectivity index (χ1n) is 8.91. The van der Waals surface area contributed by atoms with Gasteiger partial charge < -0.3 is 0 Å². The highest BCUT2D eigenvalue weighted by Crippen LogP contribution is 2.38. The van der Waals surface area contributed by atoms with Crippen molar-refractivity contribution in [3.8, 4) is 0 Å². The molecule has 0 aromatic carbocycles. The maximum Gasteiger partial charge on any atom is 0.352 e. The van der Waals surface area contributed by atoms with E-state index in [0.717, 1.165) is 34.3 Å². The van der Waals surface area contributed by atoms with Crippen molar-refractivity contribution in [3.63, 3.8) is 0 Å². The lowest BCUT2D eigenvalue weighted by molar-refractivity contribution is 0.509. The third-order valence-corrected chi connectivity index (χ3v) is 6.35. The zero-order chi connectivity index (χ0) is 17.8. The highest BCUT2D eigenvalue weighted by atomic mass is 32.1. The van der Waals surface area contributed by atoms with Crippen LogP contribution in [0.1, 0.15) is 35.2 Å². The number of hydrogen-bond donors (Lipinski definition) is 0. The molecule has 4 aromatic rings. The van der Waals surface area contributed by atoms with E-state index in [1.165, 1.54) is 21.5 Å². The van der Waals surface area contributed by atoms with Gasteiger partial charge in [0.1, 0.15) is 10.7 Å². The topological polar surface area (TPSA) is 65.1 Å². The minimum atomic E-state index is -0.139. The van der Waals surface area contributed by atoms with Gasteiger partial charge in [-0.2, -0.15) is 0 Å². The van der Waals surface area contributed by atoms with Crippen LogP contribution in [0.3, 0.4) is 0 Å². The fourth-order valence-electron chi connectivity index (χ4n) is 3.87. The summed E-state index contributed by atoms with van der Waals surface area (Å²) in [5.74, 6) is 1.40. The normalized spacial score (nSPS) is 17.1. The van der Waals surface area contributed by atoms with E-state index in [-0.39, 0.29) is 5.69 Å². The average molecular weight is 365 g/mol. The van der Waals surface area contributed by atoms with Crippen LogP contribution in [0.25, 0.3) is 15.9 Å². The van der Waals surface area contributed by atoms with Crippen LogP contribution in [0.5, 0.6) is 0 Å². The van der Waals surface area contributed by atoms with Gasteiger partial charge in [-0.05, 0) is 49.3 Å². The number of hydrogen-bond acceptors (Lipinski definition) is 5. The number of fused-ring (bicyclic) bond motifs is 5. The Kier molecular flexibility index (Phi) is 3.46. The van der Waals surface area contributed by atoms with E-state index in [1.54, 1.807) is 28.1 Å². The third-order valence-electron chi connectivity index (χ3n) is 5.20. The molecule has 6 nitrogen and oxygen atoms in total. The second kappa shape index (κ2) is 5.74. The number of aryl methyl sites for hydroxylation is 2. The Hall–Kier alpha value is -2.54. The number of nitrogens with zero attached hydrogens (tertiary/aromatic N) is 5. The molecular weight excluding hydrogens is 346 g/mol. The minimum Gasteiger partial charge on any atom is -0.264 e. The second-order valence-electron chi connectivity index (χ2n) is 7.15. The molecule has 0 spiro atoms. The Morgan fingerprint density at radius 3 is 3.08 bits per heavy atom. The Balaban J connectivity index is 1.76. The molecular formula is C19H19N5OS. The fraction of sp³-hybridized carbons (Fsp3) is 0.368. The van der Waals surface area contributed by atoms with Crippen LogP contribution < -0.4 is 5.69 Å². The first-order valence-corrected chi connectivity index (χ1v) is 9.73. The van der Waals surface area contributed by atoms with Gasteiger partial charge >= 0.3 is 5.69 Å². The monoisotopic (exact) mass is 365 g/mol. The minimum absolute atomic E-state index is 0.139. The molecule has 26 heavy (non-hydrogen) atoms. The van der Waals surface area contributed by atoms with Crippen LogP contribution >= 0.6 is 11.3 Å². The summed E-state index contributed by atoms with van der Waals surface area (Å²) >= 11 is 1.77. The summed E-state index contributed by atoms with van der Waals surface area (Å²) in [5.41, 5.74) is 2.91. The van der Waals surface area contributed by atoms with E-state index in [0.29, 0.717) is 18.3 Å². The Bertz CT molecular complexity index is 1190. The molecule has 0 bridgehead atoms. The van der Waals surface area contributed by atoms with Gasteiger partial charge in [-0.3, -0.25) is 4.98 Å². The smallest absolute Gasteiger partial charge is 0.264 e. The van der Waals surface area contributed by atoms with E-state index in [1.807, 2.05) is 19.1 Å². The molecule has 4 aromatic heterocycles. The van der Waals surface area contributed by atoms with Gasteiger partial charge in [0, 0.05) is 17.3 Å². The van der Waals surface area contributed by atoms with Gasteiger partial charge in [0.05, 0.1) is 11.9 Å². The zero-order valence-corrected chi connectivity index (χ0v) is 15.6. The van der Waals surface area contributed by atoms with Crippen molar-refractivity contribution in [1.29, 1.82) is 0 Å². The van der Waals surface area contributed by atoms with E-state index in [9.17, 15) is 4.79 Å². The largest absolute Gasteiger partial charge is 0.352 e. The average Bonchev–Trinajstić information content (AvgIpc) is 3.13. The predicted molar refractivity (Wildman–Crippen MR) is 102 cm³/mol. The number of pyridine rings is 1. The summed E-state index contributed by atoms with van der Waals surface area (Å²) in [6.45, 7) is 4.60. The molecule has 1 unspecified atom stereocenters. The maximum atomic E-state index is 12.9. The molecule has 0 N–H and O–H groups in total. The Labute approximate surface area is 154 Å². The van der Waals surface area contributed by atoms with Crippen LogP contribution in [0.2, 0.25) is 0 Å². The lowest BCUT2D eigenvalue weighted by Crippen LogP contribution is -2.23. The number of thiophene rings is 1. The van der Waals surface area contributed by atoms with Crippen LogP contribution in [0, 0.1) is 12.8 Å². The van der Waals surface area contributed by atoms with Crippen LogP contribution in [-0.4, -0.2) is 24.1 Å². The first kappa shape index (κ1) is 15.7. The molecule has 1 aliphatic carbocycles.